The number of carbonyl (C=O) groups excluding carboxylic acids is 1. The Hall–Kier alpha value is -2.49. The minimum atomic E-state index is -5.08. The predicted molar refractivity (Wildman–Crippen MR) is 112 cm³/mol. The van der Waals surface area contributed by atoms with Crippen LogP contribution in [0.3, 0.4) is 0 Å². The summed E-state index contributed by atoms with van der Waals surface area (Å²) in [4.78, 5) is 20.4. The second kappa shape index (κ2) is 10.2. The van der Waals surface area contributed by atoms with Gasteiger partial charge in [0.25, 0.3) is 0 Å². The molecule has 0 radical (unpaired) electrons. The summed E-state index contributed by atoms with van der Waals surface area (Å²) < 4.78 is 47.4. The standard InChI is InChI=1S/C21H29NO4.C2HF3O2/c1-14(2)26-20(23)25-13-24-16-7-6-15-11-19-17-5-3-4-8-21(17,9-10-22-19)18(15)12-16;3-2(4,5)1(6)7/h6-7,12,14,17,19,22H,3-5,8-11,13H2,1-2H3;(H,6,7)/t17-,19+,21-;/m1./s1. The Balaban J connectivity index is 0.000000383. The van der Waals surface area contributed by atoms with Crippen molar-refractivity contribution in [3.8, 4) is 5.75 Å². The van der Waals surface area contributed by atoms with Gasteiger partial charge in [0.15, 0.2) is 0 Å². The zero-order valence-corrected chi connectivity index (χ0v) is 18.7. The molecule has 3 aliphatic rings. The van der Waals surface area contributed by atoms with E-state index in [1.165, 1.54) is 43.2 Å². The summed E-state index contributed by atoms with van der Waals surface area (Å²) in [6.07, 6.45) is 1.63. The van der Waals surface area contributed by atoms with Crippen LogP contribution in [0.2, 0.25) is 0 Å². The molecule has 4 rings (SSSR count). The first-order valence-corrected chi connectivity index (χ1v) is 11.2. The fraction of sp³-hybridized carbons (Fsp3) is 0.652. The van der Waals surface area contributed by atoms with Crippen molar-refractivity contribution in [1.82, 2.24) is 5.32 Å². The Labute approximate surface area is 190 Å². The third kappa shape index (κ3) is 5.90. The highest BCUT2D eigenvalue weighted by molar-refractivity contribution is 5.73. The van der Waals surface area contributed by atoms with Crippen LogP contribution in [0, 0.1) is 5.92 Å². The van der Waals surface area contributed by atoms with E-state index < -0.39 is 18.3 Å². The number of alkyl halides is 3. The van der Waals surface area contributed by atoms with Crippen molar-refractivity contribution in [3.63, 3.8) is 0 Å². The molecule has 2 bridgehead atoms. The normalized spacial score (nSPS) is 25.6. The van der Waals surface area contributed by atoms with Gasteiger partial charge in [0.1, 0.15) is 5.75 Å². The summed E-state index contributed by atoms with van der Waals surface area (Å²) in [6.45, 7) is 4.57. The number of hydrogen-bond acceptors (Lipinski definition) is 6. The van der Waals surface area contributed by atoms with Crippen molar-refractivity contribution in [1.29, 1.82) is 0 Å². The fourth-order valence-corrected chi connectivity index (χ4v) is 5.37. The lowest BCUT2D eigenvalue weighted by molar-refractivity contribution is -0.192. The number of fused-ring (bicyclic) bond motifs is 1. The summed E-state index contributed by atoms with van der Waals surface area (Å²) in [5.74, 6) is -1.24. The van der Waals surface area contributed by atoms with E-state index in [4.69, 9.17) is 24.1 Å². The molecular weight excluding hydrogens is 443 g/mol. The number of piperidine rings is 1. The van der Waals surface area contributed by atoms with Crippen LogP contribution in [0.4, 0.5) is 18.0 Å². The molecule has 184 valence electrons. The zero-order chi connectivity index (χ0) is 24.2. The number of carboxylic acids is 1. The van der Waals surface area contributed by atoms with Gasteiger partial charge in [0.2, 0.25) is 6.79 Å². The Kier molecular flexibility index (Phi) is 7.76. The second-order valence-corrected chi connectivity index (χ2v) is 8.97. The maximum atomic E-state index is 11.5. The largest absolute Gasteiger partial charge is 0.511 e. The van der Waals surface area contributed by atoms with Gasteiger partial charge >= 0.3 is 18.3 Å². The average Bonchev–Trinajstić information content (AvgIpc) is 2.73. The number of hydrogen-bond donors (Lipinski definition) is 2. The summed E-state index contributed by atoms with van der Waals surface area (Å²) in [6, 6.07) is 7.01. The maximum absolute atomic E-state index is 11.5. The molecule has 2 fully saturated rings. The van der Waals surface area contributed by atoms with Gasteiger partial charge in [-0.1, -0.05) is 18.9 Å². The number of aliphatic carboxylic acids is 1. The first-order chi connectivity index (χ1) is 15.5. The number of benzene rings is 1. The van der Waals surface area contributed by atoms with Gasteiger partial charge in [0.05, 0.1) is 6.10 Å². The van der Waals surface area contributed by atoms with Crippen LogP contribution in [0.25, 0.3) is 0 Å². The molecule has 1 heterocycles. The molecule has 2 N–H and O–H groups in total. The molecule has 10 heteroatoms. The van der Waals surface area contributed by atoms with E-state index in [0.717, 1.165) is 24.6 Å². The molecule has 1 aromatic rings. The lowest BCUT2D eigenvalue weighted by Gasteiger charge is -2.56. The Bertz CT molecular complexity index is 855. The van der Waals surface area contributed by atoms with E-state index in [9.17, 15) is 18.0 Å². The lowest BCUT2D eigenvalue weighted by Crippen LogP contribution is -2.59. The van der Waals surface area contributed by atoms with Gasteiger partial charge < -0.3 is 24.6 Å². The van der Waals surface area contributed by atoms with Crippen LogP contribution in [-0.4, -0.2) is 48.9 Å². The molecule has 33 heavy (non-hydrogen) atoms. The van der Waals surface area contributed by atoms with Crippen molar-refractivity contribution in [2.45, 2.75) is 76.1 Å². The summed E-state index contributed by atoms with van der Waals surface area (Å²) in [7, 11) is 0. The predicted octanol–water partition coefficient (Wildman–Crippen LogP) is 4.56. The van der Waals surface area contributed by atoms with Crippen LogP contribution < -0.4 is 10.1 Å². The smallest absolute Gasteiger partial charge is 0.475 e. The number of ether oxygens (including phenoxy) is 3. The van der Waals surface area contributed by atoms with Crippen molar-refractivity contribution in [2.75, 3.05) is 13.3 Å². The average molecular weight is 473 g/mol. The highest BCUT2D eigenvalue weighted by Crippen LogP contribution is 2.54. The van der Waals surface area contributed by atoms with Crippen molar-refractivity contribution < 1.29 is 42.1 Å². The molecule has 2 aliphatic carbocycles. The first kappa shape index (κ1) is 25.1. The van der Waals surface area contributed by atoms with Crippen molar-refractivity contribution >= 4 is 12.1 Å². The monoisotopic (exact) mass is 473 g/mol. The van der Waals surface area contributed by atoms with Gasteiger partial charge in [-0.2, -0.15) is 13.2 Å². The van der Waals surface area contributed by atoms with Crippen LogP contribution in [-0.2, 0) is 26.1 Å². The van der Waals surface area contributed by atoms with E-state index in [0.29, 0.717) is 11.5 Å². The lowest BCUT2D eigenvalue weighted by atomic mass is 9.53. The molecule has 1 aliphatic heterocycles. The molecule has 7 nitrogen and oxygen atoms in total. The molecule has 0 spiro atoms. The third-order valence-corrected chi connectivity index (χ3v) is 6.60. The first-order valence-electron chi connectivity index (χ1n) is 11.2. The summed E-state index contributed by atoms with van der Waals surface area (Å²) in [5, 5.41) is 10.9. The molecule has 0 amide bonds. The van der Waals surface area contributed by atoms with Crippen molar-refractivity contribution in [3.05, 3.63) is 29.3 Å². The fourth-order valence-electron chi connectivity index (χ4n) is 5.37. The molecular formula is C23H30F3NO6. The van der Waals surface area contributed by atoms with Gasteiger partial charge in [-0.05, 0) is 75.3 Å². The number of carbonyl (C=O) groups is 2. The molecule has 1 aromatic carbocycles. The minimum absolute atomic E-state index is 0.120. The number of nitrogens with one attached hydrogen (secondary N) is 1. The Morgan fingerprint density at radius 2 is 1.97 bits per heavy atom. The molecule has 1 saturated heterocycles. The van der Waals surface area contributed by atoms with Crippen molar-refractivity contribution in [2.24, 2.45) is 5.92 Å². The number of rotatable bonds is 4. The highest BCUT2D eigenvalue weighted by atomic mass is 19.4. The maximum Gasteiger partial charge on any atom is 0.511 e. The van der Waals surface area contributed by atoms with E-state index in [1.807, 2.05) is 6.07 Å². The van der Waals surface area contributed by atoms with Gasteiger partial charge in [-0.3, -0.25) is 0 Å². The van der Waals surface area contributed by atoms with E-state index >= 15 is 0 Å². The van der Waals surface area contributed by atoms with Gasteiger partial charge in [-0.25, -0.2) is 9.59 Å². The molecule has 0 unspecified atom stereocenters. The number of carboxylic acid groups (broad SMARTS) is 1. The molecule has 1 saturated carbocycles. The Morgan fingerprint density at radius 1 is 1.24 bits per heavy atom. The molecule has 3 atom stereocenters. The van der Waals surface area contributed by atoms with E-state index in [1.54, 1.807) is 13.8 Å². The summed E-state index contributed by atoms with van der Waals surface area (Å²) in [5.41, 5.74) is 3.23. The number of halogens is 3. The topological polar surface area (TPSA) is 94.1 Å². The van der Waals surface area contributed by atoms with E-state index in [2.05, 4.69) is 17.4 Å². The second-order valence-electron chi connectivity index (χ2n) is 8.97. The quantitative estimate of drug-likeness (QED) is 0.489. The minimum Gasteiger partial charge on any atom is -0.475 e. The third-order valence-electron chi connectivity index (χ3n) is 6.60. The van der Waals surface area contributed by atoms with Crippen LogP contribution in [0.1, 0.15) is 57.1 Å². The van der Waals surface area contributed by atoms with Crippen LogP contribution in [0.5, 0.6) is 5.75 Å². The summed E-state index contributed by atoms with van der Waals surface area (Å²) >= 11 is 0. The SMILES string of the molecule is CC(C)OC(=O)OCOc1ccc2c(c1)[C@@]13CCCC[C@@H]1[C@H](C2)NCC3.O=C(O)C(F)(F)F. The van der Waals surface area contributed by atoms with Gasteiger partial charge in [0, 0.05) is 11.5 Å². The Morgan fingerprint density at radius 3 is 2.64 bits per heavy atom. The highest BCUT2D eigenvalue weighted by Gasteiger charge is 2.51. The van der Waals surface area contributed by atoms with Crippen LogP contribution >= 0.6 is 0 Å². The van der Waals surface area contributed by atoms with E-state index in [-0.39, 0.29) is 12.9 Å². The van der Waals surface area contributed by atoms with Gasteiger partial charge in [-0.15, -0.1) is 0 Å². The van der Waals surface area contributed by atoms with Crippen LogP contribution in [0.15, 0.2) is 18.2 Å². The molecule has 0 aromatic heterocycles. The zero-order valence-electron chi connectivity index (χ0n) is 18.7.